The van der Waals surface area contributed by atoms with Crippen LogP contribution in [0.1, 0.15) is 12.0 Å². The first-order valence-corrected chi connectivity index (χ1v) is 4.36. The fraction of sp³-hybridized carbons (Fsp3) is 0.429. The molecule has 56 valence electrons. The van der Waals surface area contributed by atoms with Gasteiger partial charge < -0.3 is 4.42 Å². The minimum Gasteiger partial charge on any atom is -0.472 e. The second kappa shape index (κ2) is 4.73. The van der Waals surface area contributed by atoms with Gasteiger partial charge in [-0.1, -0.05) is 0 Å². The molecule has 2 nitrogen and oxygen atoms in total. The SMILES string of the molecule is INCCCc1ccoc1. The molecule has 1 aromatic rings. The maximum absolute atomic E-state index is 4.92. The van der Waals surface area contributed by atoms with Crippen molar-refractivity contribution in [3.8, 4) is 0 Å². The maximum atomic E-state index is 4.92. The lowest BCUT2D eigenvalue weighted by Gasteiger charge is -1.93. The van der Waals surface area contributed by atoms with Gasteiger partial charge >= 0.3 is 0 Å². The fourth-order valence-corrected chi connectivity index (χ4v) is 1.18. The van der Waals surface area contributed by atoms with Gasteiger partial charge in [0.2, 0.25) is 0 Å². The molecule has 0 radical (unpaired) electrons. The molecule has 3 heteroatoms. The number of nitrogens with one attached hydrogen (secondary N) is 1. The van der Waals surface area contributed by atoms with Crippen LogP contribution in [-0.4, -0.2) is 6.54 Å². The van der Waals surface area contributed by atoms with Crippen LogP contribution in [0.3, 0.4) is 0 Å². The molecular weight excluding hydrogens is 241 g/mol. The van der Waals surface area contributed by atoms with E-state index in [-0.39, 0.29) is 0 Å². The average Bonchev–Trinajstić information content (AvgIpc) is 2.41. The van der Waals surface area contributed by atoms with Crippen molar-refractivity contribution in [1.82, 2.24) is 3.53 Å². The van der Waals surface area contributed by atoms with Gasteiger partial charge in [-0.05, 0) is 24.5 Å². The summed E-state index contributed by atoms with van der Waals surface area (Å²) < 4.78 is 7.99. The Kier molecular flexibility index (Phi) is 3.82. The average molecular weight is 251 g/mol. The van der Waals surface area contributed by atoms with Crippen molar-refractivity contribution < 1.29 is 4.42 Å². The Morgan fingerprint density at radius 3 is 3.10 bits per heavy atom. The number of hydrogen-bond acceptors (Lipinski definition) is 2. The lowest BCUT2D eigenvalue weighted by molar-refractivity contribution is 0.563. The van der Waals surface area contributed by atoms with Crippen LogP contribution >= 0.6 is 22.9 Å². The molecule has 0 aliphatic rings. The molecule has 1 heterocycles. The van der Waals surface area contributed by atoms with Crippen LogP contribution in [0.5, 0.6) is 0 Å². The summed E-state index contributed by atoms with van der Waals surface area (Å²) in [6.07, 6.45) is 5.79. The van der Waals surface area contributed by atoms with Crippen molar-refractivity contribution in [2.75, 3.05) is 6.54 Å². The highest BCUT2D eigenvalue weighted by Gasteiger charge is 1.91. The Hall–Kier alpha value is -0.0300. The highest BCUT2D eigenvalue weighted by atomic mass is 127. The maximum Gasteiger partial charge on any atom is 0.0934 e. The molecule has 0 amide bonds. The molecule has 0 aliphatic carbocycles. The predicted molar refractivity (Wildman–Crippen MR) is 49.1 cm³/mol. The third kappa shape index (κ3) is 2.70. The van der Waals surface area contributed by atoms with Gasteiger partial charge in [0.05, 0.1) is 12.5 Å². The summed E-state index contributed by atoms with van der Waals surface area (Å²) in [7, 11) is 0. The van der Waals surface area contributed by atoms with Gasteiger partial charge in [-0.3, -0.25) is 3.53 Å². The zero-order chi connectivity index (χ0) is 7.23. The molecule has 0 unspecified atom stereocenters. The fourth-order valence-electron chi connectivity index (χ4n) is 0.794. The van der Waals surface area contributed by atoms with Crippen molar-refractivity contribution in [3.05, 3.63) is 24.2 Å². The van der Waals surface area contributed by atoms with Crippen molar-refractivity contribution in [2.45, 2.75) is 12.8 Å². The Balaban J connectivity index is 2.15. The largest absolute Gasteiger partial charge is 0.472 e. The zero-order valence-corrected chi connectivity index (χ0v) is 7.80. The van der Waals surface area contributed by atoms with E-state index < -0.39 is 0 Å². The molecule has 1 N–H and O–H groups in total. The van der Waals surface area contributed by atoms with Crippen LogP contribution in [0.25, 0.3) is 0 Å². The number of rotatable bonds is 4. The molecule has 0 saturated heterocycles. The highest BCUT2D eigenvalue weighted by molar-refractivity contribution is 14.1. The van der Waals surface area contributed by atoms with E-state index in [1.54, 1.807) is 12.5 Å². The smallest absolute Gasteiger partial charge is 0.0934 e. The second-order valence-corrected chi connectivity index (χ2v) is 2.88. The summed E-state index contributed by atoms with van der Waals surface area (Å²) in [5.74, 6) is 0. The van der Waals surface area contributed by atoms with Gasteiger partial charge in [-0.2, -0.15) is 0 Å². The summed E-state index contributed by atoms with van der Waals surface area (Å²) in [6, 6.07) is 2.01. The Morgan fingerprint density at radius 2 is 2.50 bits per heavy atom. The zero-order valence-electron chi connectivity index (χ0n) is 5.64. The predicted octanol–water partition coefficient (Wildman–Crippen LogP) is 2.15. The molecule has 0 atom stereocenters. The van der Waals surface area contributed by atoms with E-state index in [4.69, 9.17) is 4.42 Å². The van der Waals surface area contributed by atoms with Crippen LogP contribution in [-0.2, 0) is 6.42 Å². The lowest BCUT2D eigenvalue weighted by Crippen LogP contribution is -2.00. The van der Waals surface area contributed by atoms with Crippen LogP contribution in [0, 0.1) is 0 Å². The molecule has 0 fully saturated rings. The number of halogens is 1. The third-order valence-corrected chi connectivity index (χ3v) is 1.86. The van der Waals surface area contributed by atoms with E-state index >= 15 is 0 Å². The van der Waals surface area contributed by atoms with Crippen LogP contribution in [0.2, 0.25) is 0 Å². The molecule has 0 spiro atoms. The van der Waals surface area contributed by atoms with Gasteiger partial charge in [0.1, 0.15) is 0 Å². The van der Waals surface area contributed by atoms with E-state index in [1.165, 1.54) is 12.0 Å². The van der Waals surface area contributed by atoms with E-state index in [0.29, 0.717) is 0 Å². The topological polar surface area (TPSA) is 25.2 Å². The van der Waals surface area contributed by atoms with Crippen LogP contribution in [0.15, 0.2) is 23.0 Å². The molecule has 0 aromatic carbocycles. The molecule has 0 saturated carbocycles. The number of aryl methyl sites for hydroxylation is 1. The Morgan fingerprint density at radius 1 is 1.60 bits per heavy atom. The van der Waals surface area contributed by atoms with Gasteiger partial charge in [-0.25, -0.2) is 0 Å². The monoisotopic (exact) mass is 251 g/mol. The summed E-state index contributed by atoms with van der Waals surface area (Å²) in [6.45, 7) is 1.06. The highest BCUT2D eigenvalue weighted by Crippen LogP contribution is 2.02. The normalized spacial score (nSPS) is 10.1. The standard InChI is InChI=1S/C7H10INO/c8-9-4-1-2-7-3-5-10-6-7/h3,5-6,9H,1-2,4H2. The van der Waals surface area contributed by atoms with Gasteiger partial charge in [0.25, 0.3) is 0 Å². The second-order valence-electron chi connectivity index (χ2n) is 2.12. The molecule has 0 aliphatic heterocycles. The Bertz CT molecular complexity index is 162. The minimum atomic E-state index is 1.06. The first-order chi connectivity index (χ1) is 4.93. The Labute approximate surface area is 74.5 Å². The van der Waals surface area contributed by atoms with Gasteiger partial charge in [0.15, 0.2) is 0 Å². The first kappa shape index (κ1) is 8.07. The summed E-state index contributed by atoms with van der Waals surface area (Å²) in [5, 5.41) is 0. The molecule has 0 bridgehead atoms. The van der Waals surface area contributed by atoms with Crippen LogP contribution < -0.4 is 3.53 Å². The van der Waals surface area contributed by atoms with Crippen molar-refractivity contribution >= 4 is 22.9 Å². The first-order valence-electron chi connectivity index (χ1n) is 3.28. The van der Waals surface area contributed by atoms with Crippen LogP contribution in [0.4, 0.5) is 0 Å². The number of furan rings is 1. The summed E-state index contributed by atoms with van der Waals surface area (Å²) >= 11 is 2.16. The quantitative estimate of drug-likeness (QED) is 0.504. The molecular formula is C7H10INO. The summed E-state index contributed by atoms with van der Waals surface area (Å²) in [4.78, 5) is 0. The third-order valence-electron chi connectivity index (χ3n) is 1.32. The minimum absolute atomic E-state index is 1.06. The lowest BCUT2D eigenvalue weighted by atomic mass is 10.2. The molecule has 10 heavy (non-hydrogen) atoms. The van der Waals surface area contributed by atoms with Gasteiger partial charge in [0, 0.05) is 29.4 Å². The summed E-state index contributed by atoms with van der Waals surface area (Å²) in [5.41, 5.74) is 1.28. The van der Waals surface area contributed by atoms with E-state index in [9.17, 15) is 0 Å². The van der Waals surface area contributed by atoms with E-state index in [2.05, 4.69) is 26.4 Å². The number of hydrogen-bond donors (Lipinski definition) is 1. The molecule has 1 rings (SSSR count). The van der Waals surface area contributed by atoms with E-state index in [1.807, 2.05) is 6.07 Å². The van der Waals surface area contributed by atoms with E-state index in [0.717, 1.165) is 13.0 Å². The van der Waals surface area contributed by atoms with Crippen molar-refractivity contribution in [2.24, 2.45) is 0 Å². The van der Waals surface area contributed by atoms with Crippen molar-refractivity contribution in [3.63, 3.8) is 0 Å². The van der Waals surface area contributed by atoms with Crippen molar-refractivity contribution in [1.29, 1.82) is 0 Å². The van der Waals surface area contributed by atoms with Gasteiger partial charge in [-0.15, -0.1) is 0 Å². The molecule has 1 aromatic heterocycles.